The summed E-state index contributed by atoms with van der Waals surface area (Å²) >= 11 is 0. The number of amides is 1. The molecular formula is C18H24N4O2. The molecule has 2 aromatic rings. The van der Waals surface area contributed by atoms with Crippen LogP contribution in [0.2, 0.25) is 0 Å². The van der Waals surface area contributed by atoms with E-state index < -0.39 is 0 Å². The van der Waals surface area contributed by atoms with E-state index in [0.717, 1.165) is 38.2 Å². The van der Waals surface area contributed by atoms with Crippen LogP contribution in [0.4, 0.5) is 0 Å². The molecule has 1 amide bonds. The Bertz CT molecular complexity index is 656. The van der Waals surface area contributed by atoms with Gasteiger partial charge in [0.15, 0.2) is 0 Å². The molecule has 24 heavy (non-hydrogen) atoms. The van der Waals surface area contributed by atoms with Crippen LogP contribution >= 0.6 is 0 Å². The van der Waals surface area contributed by atoms with Crippen molar-refractivity contribution in [3.8, 4) is 0 Å². The Morgan fingerprint density at radius 1 is 1.33 bits per heavy atom. The molecule has 0 saturated carbocycles. The molecule has 1 aliphatic heterocycles. The van der Waals surface area contributed by atoms with Crippen molar-refractivity contribution < 1.29 is 9.53 Å². The van der Waals surface area contributed by atoms with Crippen molar-refractivity contribution in [3.63, 3.8) is 0 Å². The van der Waals surface area contributed by atoms with Crippen molar-refractivity contribution in [1.29, 1.82) is 0 Å². The summed E-state index contributed by atoms with van der Waals surface area (Å²) in [5, 5.41) is 4.39. The molecule has 6 nitrogen and oxygen atoms in total. The monoisotopic (exact) mass is 328 g/mol. The van der Waals surface area contributed by atoms with Gasteiger partial charge in [0.05, 0.1) is 0 Å². The molecule has 1 atom stereocenters. The maximum atomic E-state index is 12.1. The van der Waals surface area contributed by atoms with Crippen LogP contribution in [0.25, 0.3) is 0 Å². The summed E-state index contributed by atoms with van der Waals surface area (Å²) in [7, 11) is 1.56. The number of nitrogens with zero attached hydrogens (tertiary/aromatic N) is 4. The van der Waals surface area contributed by atoms with Gasteiger partial charge in [-0.2, -0.15) is 5.10 Å². The number of ether oxygens (including phenoxy) is 1. The van der Waals surface area contributed by atoms with Crippen LogP contribution in [-0.2, 0) is 22.5 Å². The summed E-state index contributed by atoms with van der Waals surface area (Å²) in [6.07, 6.45) is 4.58. The lowest BCUT2D eigenvalue weighted by molar-refractivity contribution is -0.136. The van der Waals surface area contributed by atoms with Gasteiger partial charge in [0.2, 0.25) is 5.91 Å². The molecule has 1 aliphatic rings. The lowest BCUT2D eigenvalue weighted by Gasteiger charge is -2.32. The van der Waals surface area contributed by atoms with Crippen molar-refractivity contribution in [1.82, 2.24) is 19.7 Å². The maximum absolute atomic E-state index is 12.1. The first-order chi connectivity index (χ1) is 11.8. The highest BCUT2D eigenvalue weighted by Gasteiger charge is 2.27. The molecule has 0 N–H and O–H groups in total. The Morgan fingerprint density at radius 2 is 2.17 bits per heavy atom. The van der Waals surface area contributed by atoms with Gasteiger partial charge in [-0.3, -0.25) is 4.79 Å². The van der Waals surface area contributed by atoms with Crippen LogP contribution in [0.5, 0.6) is 0 Å². The second kappa shape index (κ2) is 8.06. The van der Waals surface area contributed by atoms with Gasteiger partial charge in [-0.25, -0.2) is 9.67 Å². The quantitative estimate of drug-likeness (QED) is 0.812. The van der Waals surface area contributed by atoms with Crippen LogP contribution < -0.4 is 0 Å². The number of piperidine rings is 1. The number of rotatable bonds is 6. The minimum atomic E-state index is 0.0533. The second-order valence-corrected chi connectivity index (χ2v) is 6.19. The predicted molar refractivity (Wildman–Crippen MR) is 90.6 cm³/mol. The fraction of sp³-hybridized carbons (Fsp3) is 0.500. The molecule has 0 radical (unpaired) electrons. The van der Waals surface area contributed by atoms with Gasteiger partial charge in [0, 0.05) is 32.7 Å². The second-order valence-electron chi connectivity index (χ2n) is 6.19. The van der Waals surface area contributed by atoms with Gasteiger partial charge < -0.3 is 9.64 Å². The Kier molecular flexibility index (Phi) is 5.59. The number of hydrogen-bond acceptors (Lipinski definition) is 4. The van der Waals surface area contributed by atoms with Crippen LogP contribution in [-0.4, -0.2) is 52.4 Å². The fourth-order valence-corrected chi connectivity index (χ4v) is 3.27. The minimum Gasteiger partial charge on any atom is -0.375 e. The van der Waals surface area contributed by atoms with Gasteiger partial charge in [0.1, 0.15) is 18.8 Å². The van der Waals surface area contributed by atoms with Crippen LogP contribution in [0.1, 0.15) is 30.1 Å². The molecule has 1 saturated heterocycles. The first kappa shape index (κ1) is 16.6. The summed E-state index contributed by atoms with van der Waals surface area (Å²) in [6, 6.07) is 10.4. The third kappa shape index (κ3) is 4.00. The molecule has 2 heterocycles. The number of carbonyl (C=O) groups excluding carboxylic acids is 1. The molecule has 0 bridgehead atoms. The maximum Gasteiger partial charge on any atom is 0.248 e. The van der Waals surface area contributed by atoms with Crippen LogP contribution in [0.15, 0.2) is 36.7 Å². The smallest absolute Gasteiger partial charge is 0.248 e. The first-order valence-electron chi connectivity index (χ1n) is 8.46. The Balaban J connectivity index is 1.64. The third-order valence-corrected chi connectivity index (χ3v) is 4.51. The first-order valence-corrected chi connectivity index (χ1v) is 8.46. The largest absolute Gasteiger partial charge is 0.375 e. The van der Waals surface area contributed by atoms with Gasteiger partial charge in [-0.1, -0.05) is 30.3 Å². The minimum absolute atomic E-state index is 0.0533. The van der Waals surface area contributed by atoms with Gasteiger partial charge in [-0.05, 0) is 24.8 Å². The number of methoxy groups -OCH3 is 1. The van der Waals surface area contributed by atoms with Crippen LogP contribution in [0.3, 0.4) is 0 Å². The van der Waals surface area contributed by atoms with E-state index in [1.807, 2.05) is 15.6 Å². The lowest BCUT2D eigenvalue weighted by Crippen LogP contribution is -2.41. The molecule has 1 aromatic heterocycles. The summed E-state index contributed by atoms with van der Waals surface area (Å²) in [4.78, 5) is 18.4. The SMILES string of the molecule is COCC(=O)N1CCCC(c2ncnn2CCc2ccccc2)C1. The molecule has 0 aliphatic carbocycles. The summed E-state index contributed by atoms with van der Waals surface area (Å²) in [6.45, 7) is 2.46. The number of benzene rings is 1. The molecule has 3 rings (SSSR count). The van der Waals surface area contributed by atoms with Gasteiger partial charge in [0.25, 0.3) is 0 Å². The van der Waals surface area contributed by atoms with E-state index in [9.17, 15) is 4.79 Å². The zero-order valence-corrected chi connectivity index (χ0v) is 14.1. The van der Waals surface area contributed by atoms with E-state index in [1.54, 1.807) is 13.4 Å². The molecule has 1 fully saturated rings. The van der Waals surface area contributed by atoms with Gasteiger partial charge >= 0.3 is 0 Å². The van der Waals surface area contributed by atoms with E-state index in [2.05, 4.69) is 34.3 Å². The summed E-state index contributed by atoms with van der Waals surface area (Å²) < 4.78 is 6.96. The van der Waals surface area contributed by atoms with E-state index in [4.69, 9.17) is 4.74 Å². The summed E-state index contributed by atoms with van der Waals surface area (Å²) in [5.74, 6) is 1.29. The van der Waals surface area contributed by atoms with E-state index in [1.165, 1.54) is 5.56 Å². The van der Waals surface area contributed by atoms with Gasteiger partial charge in [-0.15, -0.1) is 0 Å². The van der Waals surface area contributed by atoms with E-state index in [-0.39, 0.29) is 18.4 Å². The van der Waals surface area contributed by atoms with Crippen molar-refractivity contribution in [2.24, 2.45) is 0 Å². The average Bonchev–Trinajstić information content (AvgIpc) is 3.10. The Morgan fingerprint density at radius 3 is 2.96 bits per heavy atom. The highest BCUT2D eigenvalue weighted by atomic mass is 16.5. The molecule has 1 unspecified atom stereocenters. The lowest BCUT2D eigenvalue weighted by atomic mass is 9.97. The molecule has 6 heteroatoms. The number of aryl methyl sites for hydroxylation is 2. The number of carbonyl (C=O) groups is 1. The zero-order valence-electron chi connectivity index (χ0n) is 14.1. The van der Waals surface area contributed by atoms with E-state index >= 15 is 0 Å². The summed E-state index contributed by atoms with van der Waals surface area (Å²) in [5.41, 5.74) is 1.29. The predicted octanol–water partition coefficient (Wildman–Crippen LogP) is 1.87. The molecule has 0 spiro atoms. The zero-order chi connectivity index (χ0) is 16.8. The normalized spacial score (nSPS) is 17.9. The standard InChI is InChI=1S/C18H24N4O2/c1-24-13-17(23)21-10-5-8-16(12-21)18-19-14-20-22(18)11-9-15-6-3-2-4-7-15/h2-4,6-7,14,16H,5,8-13H2,1H3. The highest BCUT2D eigenvalue weighted by molar-refractivity contribution is 5.77. The molecule has 1 aromatic carbocycles. The fourth-order valence-electron chi connectivity index (χ4n) is 3.27. The number of aromatic nitrogens is 3. The van der Waals surface area contributed by atoms with E-state index in [0.29, 0.717) is 6.54 Å². The van der Waals surface area contributed by atoms with Crippen molar-refractivity contribution >= 4 is 5.91 Å². The average molecular weight is 328 g/mol. The van der Waals surface area contributed by atoms with Crippen molar-refractivity contribution in [2.75, 3.05) is 26.8 Å². The van der Waals surface area contributed by atoms with Crippen molar-refractivity contribution in [3.05, 3.63) is 48.0 Å². The third-order valence-electron chi connectivity index (χ3n) is 4.51. The Hall–Kier alpha value is -2.21. The Labute approximate surface area is 142 Å². The number of hydrogen-bond donors (Lipinski definition) is 0. The highest BCUT2D eigenvalue weighted by Crippen LogP contribution is 2.25. The number of likely N-dealkylation sites (tertiary alicyclic amines) is 1. The molecule has 128 valence electrons. The topological polar surface area (TPSA) is 60.2 Å². The van der Waals surface area contributed by atoms with Crippen molar-refractivity contribution in [2.45, 2.75) is 31.7 Å². The molecular weight excluding hydrogens is 304 g/mol. The van der Waals surface area contributed by atoms with Crippen LogP contribution in [0, 0.1) is 0 Å².